The Kier molecular flexibility index (Phi) is 5.90. The number of hydrogen-bond acceptors (Lipinski definition) is 3. The van der Waals surface area contributed by atoms with E-state index in [1.54, 1.807) is 49.6 Å². The molecule has 6 heteroatoms. The van der Waals surface area contributed by atoms with Crippen molar-refractivity contribution in [3.8, 4) is 11.5 Å². The van der Waals surface area contributed by atoms with Crippen molar-refractivity contribution in [1.82, 2.24) is 0 Å². The number of benzene rings is 2. The van der Waals surface area contributed by atoms with Crippen molar-refractivity contribution < 1.29 is 14.3 Å². The van der Waals surface area contributed by atoms with Gasteiger partial charge in [-0.15, -0.1) is 0 Å². The number of hydrogen-bond donors (Lipinski definition) is 1. The lowest BCUT2D eigenvalue weighted by Gasteiger charge is -2.12. The molecule has 2 N–H and O–H groups in total. The monoisotopic (exact) mass is 351 g/mol. The fraction of sp³-hybridized carbons (Fsp3) is 0.118. The SMILES string of the molecule is COc1cc(/C=C/C(N)=O)ccc1OCc1ccc(Cl)cc1Cl. The quantitative estimate of drug-likeness (QED) is 0.797. The Bertz CT molecular complexity index is 745. The van der Waals surface area contributed by atoms with Crippen LogP contribution in [-0.4, -0.2) is 13.0 Å². The Morgan fingerprint density at radius 1 is 1.17 bits per heavy atom. The van der Waals surface area contributed by atoms with Crippen LogP contribution >= 0.6 is 23.2 Å². The Morgan fingerprint density at radius 2 is 1.96 bits per heavy atom. The van der Waals surface area contributed by atoms with Gasteiger partial charge in [0.15, 0.2) is 11.5 Å². The third-order valence-corrected chi connectivity index (χ3v) is 3.61. The maximum atomic E-state index is 10.8. The Hall–Kier alpha value is -2.17. The van der Waals surface area contributed by atoms with E-state index in [0.717, 1.165) is 11.1 Å². The van der Waals surface area contributed by atoms with Crippen LogP contribution in [0.4, 0.5) is 0 Å². The van der Waals surface area contributed by atoms with Crippen molar-refractivity contribution in [2.75, 3.05) is 7.11 Å². The molecule has 0 unspecified atom stereocenters. The molecule has 4 nitrogen and oxygen atoms in total. The molecule has 0 heterocycles. The van der Waals surface area contributed by atoms with Crippen LogP contribution in [0.1, 0.15) is 11.1 Å². The molecule has 0 radical (unpaired) electrons. The summed E-state index contributed by atoms with van der Waals surface area (Å²) in [6.07, 6.45) is 2.88. The lowest BCUT2D eigenvalue weighted by molar-refractivity contribution is -0.113. The summed E-state index contributed by atoms with van der Waals surface area (Å²) in [5.74, 6) is 0.595. The van der Waals surface area contributed by atoms with E-state index in [-0.39, 0.29) is 6.61 Å². The Morgan fingerprint density at radius 3 is 2.61 bits per heavy atom. The van der Waals surface area contributed by atoms with Crippen molar-refractivity contribution in [2.24, 2.45) is 5.73 Å². The smallest absolute Gasteiger partial charge is 0.241 e. The number of primary amides is 1. The Balaban J connectivity index is 2.14. The molecule has 0 saturated carbocycles. The summed E-state index contributed by atoms with van der Waals surface area (Å²) in [4.78, 5) is 10.8. The molecule has 2 rings (SSSR count). The second kappa shape index (κ2) is 7.90. The van der Waals surface area contributed by atoms with Crippen molar-refractivity contribution in [2.45, 2.75) is 6.61 Å². The van der Waals surface area contributed by atoms with Crippen LogP contribution in [0.5, 0.6) is 11.5 Å². The topological polar surface area (TPSA) is 61.5 Å². The number of halogens is 2. The molecular formula is C17H15Cl2NO3. The summed E-state index contributed by atoms with van der Waals surface area (Å²) in [5.41, 5.74) is 6.67. The standard InChI is InChI=1S/C17H15Cl2NO3/c1-22-16-8-11(3-7-17(20)21)2-6-15(16)23-10-12-4-5-13(18)9-14(12)19/h2-9H,10H2,1H3,(H2,20,21)/b7-3+. The maximum absolute atomic E-state index is 10.8. The van der Waals surface area contributed by atoms with E-state index >= 15 is 0 Å². The van der Waals surface area contributed by atoms with E-state index in [1.807, 2.05) is 0 Å². The van der Waals surface area contributed by atoms with Crippen LogP contribution in [0.25, 0.3) is 6.08 Å². The highest BCUT2D eigenvalue weighted by atomic mass is 35.5. The van der Waals surface area contributed by atoms with Gasteiger partial charge in [-0.25, -0.2) is 0 Å². The van der Waals surface area contributed by atoms with Gasteiger partial charge in [-0.05, 0) is 35.9 Å². The van der Waals surface area contributed by atoms with E-state index in [9.17, 15) is 4.79 Å². The molecule has 0 atom stereocenters. The predicted octanol–water partition coefficient (Wildman–Crippen LogP) is 4.08. The third-order valence-electron chi connectivity index (χ3n) is 3.03. The molecule has 0 aliphatic carbocycles. The number of carbonyl (C=O) groups excluding carboxylic acids is 1. The van der Waals surface area contributed by atoms with Crippen molar-refractivity contribution in [3.63, 3.8) is 0 Å². The van der Waals surface area contributed by atoms with Crippen molar-refractivity contribution >= 4 is 35.2 Å². The first kappa shape index (κ1) is 17.2. The minimum Gasteiger partial charge on any atom is -0.493 e. The molecule has 0 aromatic heterocycles. The third kappa shape index (κ3) is 4.91. The summed E-state index contributed by atoms with van der Waals surface area (Å²) < 4.78 is 11.0. The molecule has 0 fully saturated rings. The van der Waals surface area contributed by atoms with E-state index in [4.69, 9.17) is 38.4 Å². The molecule has 120 valence electrons. The molecule has 2 aromatic carbocycles. The zero-order valence-electron chi connectivity index (χ0n) is 12.4. The number of rotatable bonds is 6. The average molecular weight is 352 g/mol. The van der Waals surface area contributed by atoms with Gasteiger partial charge < -0.3 is 15.2 Å². The molecule has 23 heavy (non-hydrogen) atoms. The van der Waals surface area contributed by atoms with Crippen molar-refractivity contribution in [3.05, 3.63) is 63.6 Å². The summed E-state index contributed by atoms with van der Waals surface area (Å²) in [6, 6.07) is 10.5. The van der Waals surface area contributed by atoms with Crippen LogP contribution in [0.15, 0.2) is 42.5 Å². The summed E-state index contributed by atoms with van der Waals surface area (Å²) in [6.45, 7) is 0.281. The van der Waals surface area contributed by atoms with Crippen LogP contribution < -0.4 is 15.2 Å². The Labute approximate surface area is 144 Å². The summed E-state index contributed by atoms with van der Waals surface area (Å²) in [7, 11) is 1.54. The van der Waals surface area contributed by atoms with Crippen LogP contribution in [0.2, 0.25) is 10.0 Å². The predicted molar refractivity (Wildman–Crippen MR) is 92.0 cm³/mol. The van der Waals surface area contributed by atoms with Gasteiger partial charge in [-0.2, -0.15) is 0 Å². The summed E-state index contributed by atoms with van der Waals surface area (Å²) >= 11 is 12.0. The van der Waals surface area contributed by atoms with E-state index in [0.29, 0.717) is 21.5 Å². The van der Waals surface area contributed by atoms with Crippen LogP contribution in [0.3, 0.4) is 0 Å². The van der Waals surface area contributed by atoms with Gasteiger partial charge in [0.25, 0.3) is 0 Å². The first-order chi connectivity index (χ1) is 11.0. The first-order valence-electron chi connectivity index (χ1n) is 6.72. The molecule has 0 saturated heterocycles. The highest BCUT2D eigenvalue weighted by Gasteiger charge is 2.07. The number of carbonyl (C=O) groups is 1. The zero-order chi connectivity index (χ0) is 16.8. The fourth-order valence-electron chi connectivity index (χ4n) is 1.88. The highest BCUT2D eigenvalue weighted by Crippen LogP contribution is 2.30. The maximum Gasteiger partial charge on any atom is 0.241 e. The number of ether oxygens (including phenoxy) is 2. The van der Waals surface area contributed by atoms with Crippen molar-refractivity contribution in [1.29, 1.82) is 0 Å². The van der Waals surface area contributed by atoms with Crippen LogP contribution in [0, 0.1) is 0 Å². The van der Waals surface area contributed by atoms with Gasteiger partial charge >= 0.3 is 0 Å². The molecule has 0 aliphatic rings. The molecule has 0 spiro atoms. The highest BCUT2D eigenvalue weighted by molar-refractivity contribution is 6.35. The van der Waals surface area contributed by atoms with Gasteiger partial charge in [0, 0.05) is 21.7 Å². The molecular weight excluding hydrogens is 337 g/mol. The lowest BCUT2D eigenvalue weighted by Crippen LogP contribution is -2.05. The fourth-order valence-corrected chi connectivity index (χ4v) is 2.34. The first-order valence-corrected chi connectivity index (χ1v) is 7.47. The number of nitrogens with two attached hydrogens (primary N) is 1. The molecule has 0 aliphatic heterocycles. The van der Waals surface area contributed by atoms with E-state index in [2.05, 4.69) is 0 Å². The van der Waals surface area contributed by atoms with Gasteiger partial charge in [0.2, 0.25) is 5.91 Å². The second-order valence-corrected chi connectivity index (χ2v) is 5.51. The molecule has 0 bridgehead atoms. The normalized spacial score (nSPS) is 10.7. The number of methoxy groups -OCH3 is 1. The van der Waals surface area contributed by atoms with Gasteiger partial charge in [-0.1, -0.05) is 35.3 Å². The molecule has 1 amide bonds. The minimum atomic E-state index is -0.512. The minimum absolute atomic E-state index is 0.281. The van der Waals surface area contributed by atoms with E-state index < -0.39 is 5.91 Å². The molecule has 2 aromatic rings. The summed E-state index contributed by atoms with van der Waals surface area (Å²) in [5, 5.41) is 1.11. The van der Waals surface area contributed by atoms with Crippen LogP contribution in [-0.2, 0) is 11.4 Å². The second-order valence-electron chi connectivity index (χ2n) is 4.67. The zero-order valence-corrected chi connectivity index (χ0v) is 13.9. The average Bonchev–Trinajstić information content (AvgIpc) is 2.52. The largest absolute Gasteiger partial charge is 0.493 e. The van der Waals surface area contributed by atoms with Gasteiger partial charge in [0.05, 0.1) is 7.11 Å². The van der Waals surface area contributed by atoms with Gasteiger partial charge in [0.1, 0.15) is 6.61 Å². The lowest BCUT2D eigenvalue weighted by atomic mass is 10.2. The van der Waals surface area contributed by atoms with Gasteiger partial charge in [-0.3, -0.25) is 4.79 Å². The van der Waals surface area contributed by atoms with E-state index in [1.165, 1.54) is 6.08 Å². The number of amides is 1.